The molecule has 0 saturated carbocycles. The lowest BCUT2D eigenvalue weighted by Crippen LogP contribution is -2.46. The second kappa shape index (κ2) is 10.7. The number of piperazine rings is 1. The predicted octanol–water partition coefficient (Wildman–Crippen LogP) is 4.56. The van der Waals surface area contributed by atoms with Crippen molar-refractivity contribution in [1.29, 1.82) is 5.26 Å². The minimum absolute atomic E-state index is 0. The molecule has 1 N–H and O–H groups in total. The van der Waals surface area contributed by atoms with Crippen molar-refractivity contribution in [2.24, 2.45) is 5.41 Å². The van der Waals surface area contributed by atoms with E-state index in [0.29, 0.717) is 22.0 Å². The highest BCUT2D eigenvalue weighted by molar-refractivity contribution is 6.32. The minimum Gasteiger partial charge on any atom is -0.371 e. The van der Waals surface area contributed by atoms with Gasteiger partial charge in [-0.2, -0.15) is 5.26 Å². The molecule has 0 unspecified atom stereocenters. The molecule has 6 nitrogen and oxygen atoms in total. The number of nitrogens with one attached hydrogen (secondary N) is 1. The number of carbonyl (C=O) groups excluding carboxylic acids is 1. The van der Waals surface area contributed by atoms with Crippen LogP contribution in [0.4, 0.5) is 11.4 Å². The summed E-state index contributed by atoms with van der Waals surface area (Å²) in [5.74, 6) is 0.133. The fraction of sp³-hybridized carbons (Fsp3) is 0.481. The van der Waals surface area contributed by atoms with E-state index in [1.54, 1.807) is 0 Å². The van der Waals surface area contributed by atoms with Gasteiger partial charge in [0.1, 0.15) is 6.07 Å². The summed E-state index contributed by atoms with van der Waals surface area (Å²) >= 11 is 6.31. The number of piperidine rings is 1. The molecule has 35 heavy (non-hydrogen) atoms. The topological polar surface area (TPSA) is 62.6 Å². The summed E-state index contributed by atoms with van der Waals surface area (Å²) in [6.45, 7) is 8.67. The Morgan fingerprint density at radius 3 is 2.34 bits per heavy atom. The first-order chi connectivity index (χ1) is 16.5. The summed E-state index contributed by atoms with van der Waals surface area (Å²) in [7, 11) is 0. The molecular weight excluding hydrogens is 481 g/mol. The molecule has 3 aliphatic rings. The third kappa shape index (κ3) is 5.23. The van der Waals surface area contributed by atoms with Gasteiger partial charge in [-0.1, -0.05) is 11.6 Å². The van der Waals surface area contributed by atoms with Crippen molar-refractivity contribution in [3.63, 3.8) is 0 Å². The van der Waals surface area contributed by atoms with Crippen molar-refractivity contribution in [2.75, 3.05) is 55.6 Å². The number of rotatable bonds is 3. The summed E-state index contributed by atoms with van der Waals surface area (Å²) in [6, 6.07) is 16.6. The van der Waals surface area contributed by atoms with Gasteiger partial charge in [0.25, 0.3) is 5.91 Å². The van der Waals surface area contributed by atoms with Crippen LogP contribution in [0.2, 0.25) is 5.02 Å². The van der Waals surface area contributed by atoms with Crippen LogP contribution in [0.25, 0.3) is 0 Å². The molecule has 2 aromatic carbocycles. The van der Waals surface area contributed by atoms with Gasteiger partial charge in [0.2, 0.25) is 0 Å². The Kier molecular flexibility index (Phi) is 7.80. The first-order valence-corrected chi connectivity index (χ1v) is 12.7. The van der Waals surface area contributed by atoms with Gasteiger partial charge in [0, 0.05) is 68.8 Å². The zero-order chi connectivity index (χ0) is 23.7. The van der Waals surface area contributed by atoms with Crippen molar-refractivity contribution >= 4 is 41.3 Å². The Labute approximate surface area is 219 Å². The molecule has 3 saturated heterocycles. The van der Waals surface area contributed by atoms with Crippen molar-refractivity contribution in [3.05, 3.63) is 58.6 Å². The highest BCUT2D eigenvalue weighted by atomic mass is 35.5. The Bertz CT molecular complexity index is 1090. The number of anilines is 2. The van der Waals surface area contributed by atoms with E-state index in [0.717, 1.165) is 69.9 Å². The second-order valence-corrected chi connectivity index (χ2v) is 10.4. The summed E-state index contributed by atoms with van der Waals surface area (Å²) in [6.07, 6.45) is 3.48. The van der Waals surface area contributed by atoms with E-state index in [1.165, 1.54) is 12.1 Å². The fourth-order valence-electron chi connectivity index (χ4n) is 5.90. The molecule has 3 fully saturated rings. The van der Waals surface area contributed by atoms with Crippen LogP contribution in [0.5, 0.6) is 0 Å². The molecule has 3 heterocycles. The number of hydrogen-bond acceptors (Lipinski definition) is 5. The van der Waals surface area contributed by atoms with Crippen LogP contribution >= 0.6 is 24.0 Å². The second-order valence-electron chi connectivity index (χ2n) is 10.0. The number of nitrogens with zero attached hydrogens (tertiary/aromatic N) is 4. The quantitative estimate of drug-likeness (QED) is 0.651. The predicted molar refractivity (Wildman–Crippen MR) is 144 cm³/mol. The zero-order valence-electron chi connectivity index (χ0n) is 20.2. The maximum atomic E-state index is 12.7. The minimum atomic E-state index is 0. The molecule has 186 valence electrons. The van der Waals surface area contributed by atoms with Gasteiger partial charge in [0.15, 0.2) is 0 Å². The first-order valence-electron chi connectivity index (χ1n) is 12.3. The average molecular weight is 515 g/mol. The van der Waals surface area contributed by atoms with Crippen LogP contribution in [-0.4, -0.2) is 62.7 Å². The van der Waals surface area contributed by atoms with Gasteiger partial charge in [-0.15, -0.1) is 12.4 Å². The number of hydrogen-bond donors (Lipinski definition) is 1. The Morgan fingerprint density at radius 2 is 1.71 bits per heavy atom. The molecule has 0 radical (unpaired) electrons. The lowest BCUT2D eigenvalue weighted by molar-refractivity contribution is 0.0736. The Hall–Kier alpha value is -2.46. The van der Waals surface area contributed by atoms with E-state index in [4.69, 9.17) is 11.6 Å². The van der Waals surface area contributed by atoms with Crippen LogP contribution < -0.4 is 15.1 Å². The highest BCUT2D eigenvalue weighted by Gasteiger charge is 2.44. The molecule has 1 atom stereocenters. The van der Waals surface area contributed by atoms with Crippen LogP contribution in [-0.2, 0) is 0 Å². The lowest BCUT2D eigenvalue weighted by Gasteiger charge is -2.40. The monoisotopic (exact) mass is 513 g/mol. The standard InChI is InChI=1S/C27H32ClN5O.ClH/c1-20-17-27(19-33(20)24-7-4-22(18-29)25(28)16-24)8-12-31(13-9-27)23-5-2-21(3-6-23)26(34)32-14-10-30-11-15-32;/h2-7,16,20,30H,8-15,17,19H2,1H3;1H/t20-;/m0./s1. The van der Waals surface area contributed by atoms with E-state index in [1.807, 2.05) is 35.2 Å². The van der Waals surface area contributed by atoms with Gasteiger partial charge >= 0.3 is 0 Å². The highest BCUT2D eigenvalue weighted by Crippen LogP contribution is 2.45. The van der Waals surface area contributed by atoms with Gasteiger partial charge in [-0.25, -0.2) is 0 Å². The van der Waals surface area contributed by atoms with E-state index >= 15 is 0 Å². The Morgan fingerprint density at radius 1 is 1.06 bits per heavy atom. The molecule has 3 aliphatic heterocycles. The number of nitriles is 1. The van der Waals surface area contributed by atoms with Crippen LogP contribution in [0.1, 0.15) is 42.1 Å². The van der Waals surface area contributed by atoms with Crippen LogP contribution in [0.3, 0.4) is 0 Å². The lowest BCUT2D eigenvalue weighted by atomic mass is 9.76. The largest absolute Gasteiger partial charge is 0.371 e. The molecule has 2 aromatic rings. The summed E-state index contributed by atoms with van der Waals surface area (Å²) in [5, 5.41) is 13.0. The summed E-state index contributed by atoms with van der Waals surface area (Å²) in [4.78, 5) is 19.6. The molecule has 1 spiro atoms. The fourth-order valence-corrected chi connectivity index (χ4v) is 6.12. The normalized spacial score (nSPS) is 21.5. The number of halogens is 2. The van der Waals surface area contributed by atoms with Crippen LogP contribution in [0, 0.1) is 16.7 Å². The average Bonchev–Trinajstić information content (AvgIpc) is 3.20. The van der Waals surface area contributed by atoms with E-state index in [-0.39, 0.29) is 18.3 Å². The number of benzene rings is 2. The molecule has 0 aromatic heterocycles. The van der Waals surface area contributed by atoms with Gasteiger partial charge < -0.3 is 20.0 Å². The van der Waals surface area contributed by atoms with Crippen molar-refractivity contribution in [2.45, 2.75) is 32.2 Å². The van der Waals surface area contributed by atoms with Gasteiger partial charge in [0.05, 0.1) is 10.6 Å². The molecule has 8 heteroatoms. The number of carbonyl (C=O) groups is 1. The Balaban J connectivity index is 0.00000289. The first kappa shape index (κ1) is 25.6. The SMILES string of the molecule is C[C@H]1CC2(CCN(c3ccc(C(=O)N4CCNCC4)cc3)CC2)CN1c1ccc(C#N)c(Cl)c1.Cl. The number of amides is 1. The van der Waals surface area contributed by atoms with Gasteiger partial charge in [-0.3, -0.25) is 4.79 Å². The van der Waals surface area contributed by atoms with E-state index in [9.17, 15) is 10.1 Å². The molecular formula is C27H33Cl2N5O. The summed E-state index contributed by atoms with van der Waals surface area (Å²) < 4.78 is 0. The van der Waals surface area contributed by atoms with Gasteiger partial charge in [-0.05, 0) is 74.1 Å². The van der Waals surface area contributed by atoms with E-state index in [2.05, 4.69) is 40.2 Å². The van der Waals surface area contributed by atoms with Crippen molar-refractivity contribution < 1.29 is 4.79 Å². The maximum absolute atomic E-state index is 12.7. The maximum Gasteiger partial charge on any atom is 0.253 e. The van der Waals surface area contributed by atoms with Crippen LogP contribution in [0.15, 0.2) is 42.5 Å². The third-order valence-corrected chi connectivity index (χ3v) is 8.19. The molecule has 1 amide bonds. The summed E-state index contributed by atoms with van der Waals surface area (Å²) in [5.41, 5.74) is 3.93. The van der Waals surface area contributed by atoms with Crippen molar-refractivity contribution in [1.82, 2.24) is 10.2 Å². The molecule has 0 aliphatic carbocycles. The molecule has 5 rings (SSSR count). The zero-order valence-corrected chi connectivity index (χ0v) is 21.7. The van der Waals surface area contributed by atoms with E-state index < -0.39 is 0 Å². The third-order valence-electron chi connectivity index (χ3n) is 7.88. The smallest absolute Gasteiger partial charge is 0.253 e. The molecule has 0 bridgehead atoms. The van der Waals surface area contributed by atoms with Crippen molar-refractivity contribution in [3.8, 4) is 6.07 Å².